The number of aromatic amines is 1. The largest absolute Gasteiger partial charge is 0.478 e. The molecule has 6 heterocycles. The van der Waals surface area contributed by atoms with Gasteiger partial charge in [0.25, 0.3) is 5.56 Å². The number of carbonyl (C=O) groups is 2. The lowest BCUT2D eigenvalue weighted by Crippen LogP contribution is -2.35. The van der Waals surface area contributed by atoms with Crippen LogP contribution in [0, 0.1) is 17.6 Å². The molecule has 2 aliphatic rings. The van der Waals surface area contributed by atoms with Gasteiger partial charge in [0.15, 0.2) is 11.6 Å². The number of halogens is 2. The number of benzene rings is 2. The van der Waals surface area contributed by atoms with Gasteiger partial charge in [0, 0.05) is 67.8 Å². The normalized spacial score (nSPS) is 17.1. The topological polar surface area (TPSA) is 157 Å². The molecule has 0 saturated carbocycles. The summed E-state index contributed by atoms with van der Waals surface area (Å²) in [5.41, 5.74) is 0.471. The smallest absolute Gasteiger partial charge is 0.457 e. The molecule has 1 amide bonds. The summed E-state index contributed by atoms with van der Waals surface area (Å²) in [4.78, 5) is 54.0. The van der Waals surface area contributed by atoms with Crippen molar-refractivity contribution in [3.05, 3.63) is 106 Å². The van der Waals surface area contributed by atoms with E-state index in [0.29, 0.717) is 34.8 Å². The van der Waals surface area contributed by atoms with Crippen LogP contribution in [0.25, 0.3) is 38.6 Å². The summed E-state index contributed by atoms with van der Waals surface area (Å²) >= 11 is 0. The lowest BCUT2D eigenvalue weighted by Gasteiger charge is -2.30. The van der Waals surface area contributed by atoms with E-state index in [2.05, 4.69) is 14.8 Å². The minimum absolute atomic E-state index is 0.0116. The quantitative estimate of drug-likeness (QED) is 0.0749. The molecule has 15 nitrogen and oxygen atoms in total. The van der Waals surface area contributed by atoms with Gasteiger partial charge in [0.2, 0.25) is 6.79 Å². The van der Waals surface area contributed by atoms with E-state index < -0.39 is 55.1 Å². The number of phosphoric acid groups is 1. The van der Waals surface area contributed by atoms with Crippen molar-refractivity contribution in [3.63, 3.8) is 0 Å². The molecule has 8 rings (SSSR count). The number of phosphoric ester groups is 1. The fourth-order valence-corrected chi connectivity index (χ4v) is 10.2. The van der Waals surface area contributed by atoms with Crippen LogP contribution < -0.4 is 15.4 Å². The maximum Gasteiger partial charge on any atom is 0.478 e. The molecule has 0 spiro atoms. The molecule has 64 heavy (non-hydrogen) atoms. The van der Waals surface area contributed by atoms with Crippen LogP contribution in [-0.2, 0) is 34.2 Å². The van der Waals surface area contributed by atoms with E-state index in [4.69, 9.17) is 28.0 Å². The number of amides is 1. The maximum absolute atomic E-state index is 16.5. The third-order valence-electron chi connectivity index (χ3n) is 11.2. The summed E-state index contributed by atoms with van der Waals surface area (Å²) in [7, 11) is -0.902. The number of likely N-dealkylation sites (N-methyl/N-ethyl adjacent to an activating group) is 1. The molecule has 2 aliphatic heterocycles. The lowest BCUT2D eigenvalue weighted by atomic mass is 10.00. The number of aromatic nitrogens is 3. The van der Waals surface area contributed by atoms with Crippen molar-refractivity contribution >= 4 is 58.7 Å². The van der Waals surface area contributed by atoms with E-state index in [9.17, 15) is 18.9 Å². The highest BCUT2D eigenvalue weighted by Gasteiger charge is 2.42. The Morgan fingerprint density at radius 1 is 0.953 bits per heavy atom. The van der Waals surface area contributed by atoms with Crippen LogP contribution in [0.5, 0.6) is 0 Å². The van der Waals surface area contributed by atoms with Crippen LogP contribution in [0.3, 0.4) is 0 Å². The van der Waals surface area contributed by atoms with Crippen molar-refractivity contribution in [2.45, 2.75) is 71.8 Å². The van der Waals surface area contributed by atoms with Crippen molar-refractivity contribution < 1.29 is 46.0 Å². The first-order valence-electron chi connectivity index (χ1n) is 20.9. The summed E-state index contributed by atoms with van der Waals surface area (Å²) in [6.45, 7) is 11.3. The molecule has 6 aromatic rings. The van der Waals surface area contributed by atoms with Gasteiger partial charge in [0.1, 0.15) is 17.8 Å². The number of anilines is 2. The summed E-state index contributed by atoms with van der Waals surface area (Å²) in [5.74, 6) is -2.87. The number of H-pyrrole nitrogens is 1. The molecular formula is C46H51F2N6O9P. The number of nitrogens with zero attached hydrogens (tertiary/aromatic N) is 5. The number of esters is 1. The number of pyridine rings is 3. The minimum atomic E-state index is -4.26. The Balaban J connectivity index is 1.20. The number of hydrogen-bond donors (Lipinski definition) is 1. The Bertz CT molecular complexity index is 2870. The molecule has 2 aromatic carbocycles. The molecule has 0 bridgehead atoms. The maximum atomic E-state index is 16.5. The van der Waals surface area contributed by atoms with Gasteiger partial charge in [-0.15, -0.1) is 0 Å². The summed E-state index contributed by atoms with van der Waals surface area (Å²) in [6, 6.07) is 16.7. The van der Waals surface area contributed by atoms with E-state index >= 15 is 8.78 Å². The van der Waals surface area contributed by atoms with Gasteiger partial charge in [-0.1, -0.05) is 36.4 Å². The lowest BCUT2D eigenvalue weighted by molar-refractivity contribution is -0.0275. The second-order valence-corrected chi connectivity index (χ2v) is 19.8. The van der Waals surface area contributed by atoms with E-state index in [1.54, 1.807) is 66.1 Å². The molecule has 0 radical (unpaired) electrons. The molecule has 0 aliphatic carbocycles. The van der Waals surface area contributed by atoms with Crippen molar-refractivity contribution in [2.24, 2.45) is 5.92 Å². The standard InChI is InChI=1S/C46H51F2N6O9P/c1-45(2,3)62-64(58,63-46(4,5)6)61-26-60-44(57)52(8)34-20-33(47)38(48)36-37-40(53-19-18-29-22-51(7)24-35(29)53)32(21-49-41(37)50-39(34)36)28-14-15-30-16-17-31(42(55)54(30)23-28)43(56)59-25-27-12-10-9-11-13-27/h9-17,20-21,23,29,35H,18-19,22,24-26H2,1-8H3,(H,49,50)/t29-,35+/m0/s1. The highest BCUT2D eigenvalue weighted by atomic mass is 31.2. The Labute approximate surface area is 368 Å². The summed E-state index contributed by atoms with van der Waals surface area (Å²) < 4.78 is 74.8. The first kappa shape index (κ1) is 44.9. The fourth-order valence-electron chi connectivity index (χ4n) is 8.54. The Morgan fingerprint density at radius 2 is 1.66 bits per heavy atom. The van der Waals surface area contributed by atoms with Crippen LogP contribution in [0.2, 0.25) is 0 Å². The van der Waals surface area contributed by atoms with Gasteiger partial charge in [-0.3, -0.25) is 23.1 Å². The Hall–Kier alpha value is -5.71. The fraction of sp³-hybridized carbons (Fsp3) is 0.391. The van der Waals surface area contributed by atoms with Crippen LogP contribution in [0.1, 0.15) is 63.9 Å². The van der Waals surface area contributed by atoms with E-state index in [1.165, 1.54) is 17.5 Å². The number of fused-ring (bicyclic) bond motifs is 5. The van der Waals surface area contributed by atoms with Gasteiger partial charge in [-0.2, -0.15) is 0 Å². The number of carbonyl (C=O) groups excluding carboxylic acids is 2. The number of hydrogen-bond acceptors (Lipinski definition) is 12. The van der Waals surface area contributed by atoms with Crippen LogP contribution in [0.15, 0.2) is 77.9 Å². The van der Waals surface area contributed by atoms with Gasteiger partial charge in [-0.05, 0) is 84.7 Å². The Kier molecular flexibility index (Phi) is 11.9. The number of likely N-dealkylation sites (tertiary alicyclic amines) is 1. The third-order valence-corrected chi connectivity index (χ3v) is 13.1. The zero-order valence-corrected chi connectivity index (χ0v) is 37.8. The first-order chi connectivity index (χ1) is 30.2. The van der Waals surface area contributed by atoms with E-state index in [1.807, 2.05) is 43.4 Å². The van der Waals surface area contributed by atoms with E-state index in [-0.39, 0.29) is 45.8 Å². The predicted octanol–water partition coefficient (Wildman–Crippen LogP) is 9.06. The molecule has 338 valence electrons. The third kappa shape index (κ3) is 9.00. The minimum Gasteiger partial charge on any atom is -0.457 e. The van der Waals surface area contributed by atoms with Crippen molar-refractivity contribution in [1.29, 1.82) is 0 Å². The van der Waals surface area contributed by atoms with Crippen LogP contribution >= 0.6 is 7.82 Å². The first-order valence-corrected chi connectivity index (χ1v) is 22.4. The number of rotatable bonds is 11. The highest BCUT2D eigenvalue weighted by molar-refractivity contribution is 7.48. The molecule has 2 atom stereocenters. The monoisotopic (exact) mass is 900 g/mol. The molecule has 2 fully saturated rings. The predicted molar refractivity (Wildman–Crippen MR) is 239 cm³/mol. The SMILES string of the molecule is CN1C[C@@H]2CCN(c3c(-c4ccc5ccc(C(=O)OCc6ccccc6)c(=O)n5c4)cnc4[nH]c5c(N(C)C(=O)OCOP(=O)(OC(C)(C)C)OC(C)(C)C)cc(F)c(F)c5c34)[C@@H]2C1. The molecule has 4 aromatic heterocycles. The molecule has 2 saturated heterocycles. The van der Waals surface area contributed by atoms with Crippen molar-refractivity contribution in [1.82, 2.24) is 19.3 Å². The molecular weight excluding hydrogens is 850 g/mol. The van der Waals surface area contributed by atoms with Gasteiger partial charge < -0.3 is 24.3 Å². The molecule has 1 N–H and O–H groups in total. The van der Waals surface area contributed by atoms with Crippen LogP contribution in [-0.4, -0.2) is 89.1 Å². The highest BCUT2D eigenvalue weighted by Crippen LogP contribution is 2.55. The molecule has 18 heteroatoms. The Morgan fingerprint density at radius 3 is 2.36 bits per heavy atom. The number of ether oxygens (including phenoxy) is 2. The summed E-state index contributed by atoms with van der Waals surface area (Å²) in [5, 5.41) is 0.124. The zero-order valence-electron chi connectivity index (χ0n) is 36.9. The average molecular weight is 901 g/mol. The summed E-state index contributed by atoms with van der Waals surface area (Å²) in [6.07, 6.45) is 3.02. The second kappa shape index (κ2) is 17.0. The zero-order chi connectivity index (χ0) is 45.9. The van der Waals surface area contributed by atoms with Crippen LogP contribution in [0.4, 0.5) is 25.0 Å². The van der Waals surface area contributed by atoms with Crippen molar-refractivity contribution in [2.75, 3.05) is 50.3 Å². The van der Waals surface area contributed by atoms with E-state index in [0.717, 1.165) is 36.0 Å². The van der Waals surface area contributed by atoms with Crippen molar-refractivity contribution in [3.8, 4) is 11.1 Å². The van der Waals surface area contributed by atoms with Gasteiger partial charge in [-0.25, -0.2) is 32.4 Å². The number of nitrogens with one attached hydrogen (secondary N) is 1. The second-order valence-electron chi connectivity index (χ2n) is 18.2. The van der Waals surface area contributed by atoms with Gasteiger partial charge >= 0.3 is 19.9 Å². The average Bonchev–Trinajstić information content (AvgIpc) is 3.92. The van der Waals surface area contributed by atoms with Gasteiger partial charge in [0.05, 0.1) is 38.9 Å². The molecule has 0 unspecified atom stereocenters.